The standard InChI is InChI=1S/C28H34N4OS/c1-30-13-11-27(28-10-5-19-34-28)33-26-9-3-2-8-25(26)22-32-17-15-31(16-18-32)14-12-23-6-4-7-24(20-23)21-29/h2-10,19-20,27,30H,11-18,22H2,1H3/t27-/m1/s1. The summed E-state index contributed by atoms with van der Waals surface area (Å²) in [6, 6.07) is 23.0. The summed E-state index contributed by atoms with van der Waals surface area (Å²) in [7, 11) is 1.99. The van der Waals surface area contributed by atoms with Crippen molar-refractivity contribution in [3.63, 3.8) is 0 Å². The molecule has 1 aromatic heterocycles. The first-order valence-corrected chi connectivity index (χ1v) is 13.0. The highest BCUT2D eigenvalue weighted by Crippen LogP contribution is 2.30. The summed E-state index contributed by atoms with van der Waals surface area (Å²) < 4.78 is 6.57. The molecule has 0 bridgehead atoms. The fraction of sp³-hybridized carbons (Fsp3) is 0.393. The first-order valence-electron chi connectivity index (χ1n) is 12.1. The van der Waals surface area contributed by atoms with Gasteiger partial charge in [-0.25, -0.2) is 0 Å². The van der Waals surface area contributed by atoms with Crippen LogP contribution in [-0.4, -0.2) is 56.1 Å². The van der Waals surface area contributed by atoms with Crippen LogP contribution in [0.15, 0.2) is 66.0 Å². The van der Waals surface area contributed by atoms with Crippen molar-refractivity contribution in [3.8, 4) is 11.8 Å². The smallest absolute Gasteiger partial charge is 0.134 e. The maximum atomic E-state index is 9.11. The van der Waals surface area contributed by atoms with Gasteiger partial charge in [0.15, 0.2) is 0 Å². The third-order valence-electron chi connectivity index (χ3n) is 6.39. The van der Waals surface area contributed by atoms with Crippen LogP contribution in [0.5, 0.6) is 5.75 Å². The lowest BCUT2D eigenvalue weighted by Crippen LogP contribution is -2.46. The highest BCUT2D eigenvalue weighted by Gasteiger charge is 2.20. The van der Waals surface area contributed by atoms with Crippen LogP contribution in [0.2, 0.25) is 0 Å². The quantitative estimate of drug-likeness (QED) is 0.436. The number of nitrogens with one attached hydrogen (secondary N) is 1. The molecule has 1 atom stereocenters. The van der Waals surface area contributed by atoms with Gasteiger partial charge in [-0.3, -0.25) is 4.90 Å². The highest BCUT2D eigenvalue weighted by atomic mass is 32.1. The Morgan fingerprint density at radius 2 is 1.85 bits per heavy atom. The Bertz CT molecular complexity index is 1050. The van der Waals surface area contributed by atoms with E-state index in [0.717, 1.165) is 70.0 Å². The molecule has 1 fully saturated rings. The minimum atomic E-state index is 0.0741. The summed E-state index contributed by atoms with van der Waals surface area (Å²) >= 11 is 1.76. The van der Waals surface area contributed by atoms with E-state index in [2.05, 4.69) is 69.0 Å². The second kappa shape index (κ2) is 12.7. The molecule has 0 aliphatic carbocycles. The Morgan fingerprint density at radius 1 is 1.03 bits per heavy atom. The number of benzene rings is 2. The molecule has 4 rings (SSSR count). The van der Waals surface area contributed by atoms with Gasteiger partial charge in [-0.1, -0.05) is 36.4 Å². The highest BCUT2D eigenvalue weighted by molar-refractivity contribution is 7.10. The zero-order valence-corrected chi connectivity index (χ0v) is 20.8. The Hall–Kier alpha value is -2.69. The van der Waals surface area contributed by atoms with Crippen LogP contribution in [-0.2, 0) is 13.0 Å². The largest absolute Gasteiger partial charge is 0.485 e. The van der Waals surface area contributed by atoms with E-state index >= 15 is 0 Å². The van der Waals surface area contributed by atoms with Crippen LogP contribution in [0.25, 0.3) is 0 Å². The van der Waals surface area contributed by atoms with Crippen molar-refractivity contribution < 1.29 is 4.74 Å². The number of nitrogens with zero attached hydrogens (tertiary/aromatic N) is 3. The van der Waals surface area contributed by atoms with E-state index in [0.29, 0.717) is 0 Å². The number of hydrogen-bond acceptors (Lipinski definition) is 6. The summed E-state index contributed by atoms with van der Waals surface area (Å²) in [6.45, 7) is 7.13. The predicted octanol–water partition coefficient (Wildman–Crippen LogP) is 4.71. The molecule has 0 radical (unpaired) electrons. The first-order chi connectivity index (χ1) is 16.7. The van der Waals surface area contributed by atoms with E-state index in [1.54, 1.807) is 11.3 Å². The van der Waals surface area contributed by atoms with Crippen molar-refractivity contribution in [1.82, 2.24) is 15.1 Å². The molecule has 5 nitrogen and oxygen atoms in total. The van der Waals surface area contributed by atoms with Crippen molar-refractivity contribution in [1.29, 1.82) is 5.26 Å². The minimum absolute atomic E-state index is 0.0741. The average Bonchev–Trinajstić information content (AvgIpc) is 3.42. The van der Waals surface area contributed by atoms with Crippen LogP contribution in [0.3, 0.4) is 0 Å². The summed E-state index contributed by atoms with van der Waals surface area (Å²) in [6.07, 6.45) is 2.01. The minimum Gasteiger partial charge on any atom is -0.485 e. The van der Waals surface area contributed by atoms with Gasteiger partial charge in [-0.15, -0.1) is 11.3 Å². The third-order valence-corrected chi connectivity index (χ3v) is 7.35. The van der Waals surface area contributed by atoms with Crippen molar-refractivity contribution in [2.75, 3.05) is 46.3 Å². The maximum Gasteiger partial charge on any atom is 0.134 e. The second-order valence-corrected chi connectivity index (χ2v) is 9.78. The fourth-order valence-corrected chi connectivity index (χ4v) is 5.20. The molecule has 178 valence electrons. The molecule has 1 aliphatic heterocycles. The summed E-state index contributed by atoms with van der Waals surface area (Å²) in [5.74, 6) is 0.997. The molecule has 0 unspecified atom stereocenters. The number of hydrogen-bond donors (Lipinski definition) is 1. The molecule has 6 heteroatoms. The maximum absolute atomic E-state index is 9.11. The number of rotatable bonds is 11. The first kappa shape index (κ1) is 24.4. The Balaban J connectivity index is 1.30. The lowest BCUT2D eigenvalue weighted by Gasteiger charge is -2.35. The van der Waals surface area contributed by atoms with Gasteiger partial charge in [0.25, 0.3) is 0 Å². The lowest BCUT2D eigenvalue weighted by atomic mass is 10.1. The van der Waals surface area contributed by atoms with Gasteiger partial charge >= 0.3 is 0 Å². The van der Waals surface area contributed by atoms with Crippen molar-refractivity contribution >= 4 is 11.3 Å². The van der Waals surface area contributed by atoms with Gasteiger partial charge in [0.2, 0.25) is 0 Å². The monoisotopic (exact) mass is 474 g/mol. The van der Waals surface area contributed by atoms with Crippen molar-refractivity contribution in [3.05, 3.63) is 87.6 Å². The predicted molar refractivity (Wildman–Crippen MR) is 139 cm³/mol. The van der Waals surface area contributed by atoms with Gasteiger partial charge in [0, 0.05) is 56.1 Å². The SMILES string of the molecule is CNCC[C@@H](Oc1ccccc1CN1CCN(CCc2cccc(C#N)c2)CC1)c1cccs1. The summed E-state index contributed by atoms with van der Waals surface area (Å²) in [5.41, 5.74) is 3.25. The molecule has 1 aliphatic rings. The normalized spacial score (nSPS) is 15.6. The van der Waals surface area contributed by atoms with Gasteiger partial charge < -0.3 is 15.0 Å². The number of thiophene rings is 1. The zero-order valence-electron chi connectivity index (χ0n) is 20.0. The number of ether oxygens (including phenoxy) is 1. The summed E-state index contributed by atoms with van der Waals surface area (Å²) in [5, 5.41) is 14.5. The Kier molecular flexibility index (Phi) is 9.12. The molecule has 1 N–H and O–H groups in total. The molecule has 1 saturated heterocycles. The van der Waals surface area contributed by atoms with E-state index in [4.69, 9.17) is 10.00 Å². The molecule has 0 spiro atoms. The van der Waals surface area contributed by atoms with Crippen LogP contribution in [0.1, 0.15) is 34.1 Å². The van der Waals surface area contributed by atoms with Gasteiger partial charge in [0.1, 0.15) is 11.9 Å². The van der Waals surface area contributed by atoms with Gasteiger partial charge in [-0.2, -0.15) is 5.26 Å². The second-order valence-electron chi connectivity index (χ2n) is 8.80. The lowest BCUT2D eigenvalue weighted by molar-refractivity contribution is 0.125. The van der Waals surface area contributed by atoms with Crippen LogP contribution in [0.4, 0.5) is 0 Å². The number of piperazine rings is 1. The number of para-hydroxylation sites is 1. The molecule has 2 aromatic carbocycles. The van der Waals surface area contributed by atoms with E-state index in [1.165, 1.54) is 16.0 Å². The molecule has 0 amide bonds. The Morgan fingerprint density at radius 3 is 2.62 bits per heavy atom. The van der Waals surface area contributed by atoms with Crippen LogP contribution in [0, 0.1) is 11.3 Å². The van der Waals surface area contributed by atoms with Crippen molar-refractivity contribution in [2.45, 2.75) is 25.5 Å². The summed E-state index contributed by atoms with van der Waals surface area (Å²) in [4.78, 5) is 6.34. The molecule has 0 saturated carbocycles. The number of nitriles is 1. The molecular formula is C28H34N4OS. The fourth-order valence-electron chi connectivity index (χ4n) is 4.41. The molecule has 34 heavy (non-hydrogen) atoms. The molecule has 2 heterocycles. The van der Waals surface area contributed by atoms with Crippen LogP contribution >= 0.6 is 11.3 Å². The topological polar surface area (TPSA) is 51.5 Å². The van der Waals surface area contributed by atoms with E-state index in [1.807, 2.05) is 25.2 Å². The Labute approximate surface area is 207 Å². The zero-order chi connectivity index (χ0) is 23.6. The average molecular weight is 475 g/mol. The van der Waals surface area contributed by atoms with Gasteiger partial charge in [-0.05, 0) is 55.2 Å². The van der Waals surface area contributed by atoms with Gasteiger partial charge in [0.05, 0.1) is 11.6 Å². The van der Waals surface area contributed by atoms with E-state index in [9.17, 15) is 0 Å². The van der Waals surface area contributed by atoms with E-state index in [-0.39, 0.29) is 6.10 Å². The third kappa shape index (κ3) is 6.91. The van der Waals surface area contributed by atoms with Crippen LogP contribution < -0.4 is 10.1 Å². The van der Waals surface area contributed by atoms with Crippen molar-refractivity contribution in [2.24, 2.45) is 0 Å². The molecule has 3 aromatic rings. The van der Waals surface area contributed by atoms with E-state index < -0.39 is 0 Å². The molecular weight excluding hydrogens is 440 g/mol.